The summed E-state index contributed by atoms with van der Waals surface area (Å²) in [6, 6.07) is 7.77. The highest BCUT2D eigenvalue weighted by molar-refractivity contribution is 6.39. The van der Waals surface area contributed by atoms with E-state index in [2.05, 4.69) is 31.1 Å². The van der Waals surface area contributed by atoms with Crippen molar-refractivity contribution in [3.63, 3.8) is 0 Å². The molecular weight excluding hydrogens is 290 g/mol. The fourth-order valence-electron chi connectivity index (χ4n) is 3.00. The van der Waals surface area contributed by atoms with Gasteiger partial charge in [0.1, 0.15) is 0 Å². The first kappa shape index (κ1) is 17.5. The van der Waals surface area contributed by atoms with E-state index in [0.717, 1.165) is 37.2 Å². The molecule has 5 nitrogen and oxygen atoms in total. The van der Waals surface area contributed by atoms with E-state index in [0.29, 0.717) is 0 Å². The second kappa shape index (κ2) is 7.59. The summed E-state index contributed by atoms with van der Waals surface area (Å²) in [7, 11) is 3.81. The maximum absolute atomic E-state index is 12.4. The van der Waals surface area contributed by atoms with Crippen molar-refractivity contribution in [2.75, 3.05) is 32.5 Å². The highest BCUT2D eigenvalue weighted by atomic mass is 16.2. The topological polar surface area (TPSA) is 52.7 Å². The number of piperidine rings is 1. The van der Waals surface area contributed by atoms with Crippen LogP contribution in [0.2, 0.25) is 0 Å². The molecule has 1 saturated heterocycles. The number of hydrogen-bond donors (Lipinski definition) is 1. The fourth-order valence-corrected chi connectivity index (χ4v) is 3.00. The Morgan fingerprint density at radius 1 is 1.22 bits per heavy atom. The summed E-state index contributed by atoms with van der Waals surface area (Å²) >= 11 is 0. The number of carbonyl (C=O) groups excluding carboxylic acids is 2. The van der Waals surface area contributed by atoms with Gasteiger partial charge < -0.3 is 15.1 Å². The van der Waals surface area contributed by atoms with Gasteiger partial charge in [0, 0.05) is 18.8 Å². The van der Waals surface area contributed by atoms with Crippen molar-refractivity contribution in [2.24, 2.45) is 0 Å². The zero-order valence-corrected chi connectivity index (χ0v) is 14.5. The van der Waals surface area contributed by atoms with Gasteiger partial charge in [-0.25, -0.2) is 0 Å². The molecule has 0 radical (unpaired) electrons. The number of carbonyl (C=O) groups is 2. The fraction of sp³-hybridized carbons (Fsp3) is 0.556. The van der Waals surface area contributed by atoms with Crippen LogP contribution in [0.25, 0.3) is 0 Å². The summed E-state index contributed by atoms with van der Waals surface area (Å²) in [5.74, 6) is -0.731. The van der Waals surface area contributed by atoms with Crippen LogP contribution in [0.4, 0.5) is 5.69 Å². The molecule has 0 aromatic heterocycles. The molecule has 1 aromatic carbocycles. The lowest BCUT2D eigenvalue weighted by molar-refractivity contribution is -0.144. The van der Waals surface area contributed by atoms with Crippen LogP contribution in [0.15, 0.2) is 24.3 Å². The molecule has 1 heterocycles. The number of anilines is 1. The third kappa shape index (κ3) is 4.32. The van der Waals surface area contributed by atoms with Crippen molar-refractivity contribution in [1.82, 2.24) is 9.80 Å². The first-order valence-corrected chi connectivity index (χ1v) is 8.25. The number of hydrogen-bond acceptors (Lipinski definition) is 3. The minimum Gasteiger partial charge on any atom is -0.334 e. The van der Waals surface area contributed by atoms with Crippen LogP contribution in [0, 0.1) is 0 Å². The van der Waals surface area contributed by atoms with Gasteiger partial charge in [-0.1, -0.05) is 32.0 Å². The number of para-hydroxylation sites is 1. The minimum atomic E-state index is -0.556. The van der Waals surface area contributed by atoms with Crippen LogP contribution in [0.5, 0.6) is 0 Å². The van der Waals surface area contributed by atoms with Crippen molar-refractivity contribution in [1.29, 1.82) is 0 Å². The monoisotopic (exact) mass is 317 g/mol. The molecule has 1 fully saturated rings. The zero-order chi connectivity index (χ0) is 17.0. The highest BCUT2D eigenvalue weighted by Crippen LogP contribution is 2.24. The Morgan fingerprint density at radius 3 is 2.43 bits per heavy atom. The molecule has 126 valence electrons. The van der Waals surface area contributed by atoms with Crippen molar-refractivity contribution in [3.05, 3.63) is 29.8 Å². The summed E-state index contributed by atoms with van der Waals surface area (Å²) in [5.41, 5.74) is 1.76. The lowest BCUT2D eigenvalue weighted by Crippen LogP contribution is -2.48. The van der Waals surface area contributed by atoms with E-state index in [4.69, 9.17) is 0 Å². The van der Waals surface area contributed by atoms with Crippen LogP contribution in [0.1, 0.15) is 38.2 Å². The predicted octanol–water partition coefficient (Wildman–Crippen LogP) is 2.30. The first-order valence-electron chi connectivity index (χ1n) is 8.25. The van der Waals surface area contributed by atoms with Gasteiger partial charge in [0.05, 0.1) is 0 Å². The van der Waals surface area contributed by atoms with Gasteiger partial charge in [-0.2, -0.15) is 0 Å². The van der Waals surface area contributed by atoms with Crippen LogP contribution in [-0.2, 0) is 9.59 Å². The number of likely N-dealkylation sites (N-methyl/N-ethyl adjacent to an activating group) is 1. The van der Waals surface area contributed by atoms with Crippen LogP contribution >= 0.6 is 0 Å². The molecule has 0 atom stereocenters. The quantitative estimate of drug-likeness (QED) is 0.870. The molecule has 2 rings (SSSR count). The Kier molecular flexibility index (Phi) is 5.77. The maximum atomic E-state index is 12.4. The Hall–Kier alpha value is -1.88. The normalized spacial score (nSPS) is 16.4. The molecule has 5 heteroatoms. The number of nitrogens with one attached hydrogen (secondary N) is 1. The van der Waals surface area contributed by atoms with Crippen molar-refractivity contribution in [3.8, 4) is 0 Å². The molecule has 23 heavy (non-hydrogen) atoms. The van der Waals surface area contributed by atoms with E-state index in [-0.39, 0.29) is 12.0 Å². The number of benzene rings is 1. The van der Waals surface area contributed by atoms with Gasteiger partial charge in [0.2, 0.25) is 0 Å². The highest BCUT2D eigenvalue weighted by Gasteiger charge is 2.28. The van der Waals surface area contributed by atoms with Gasteiger partial charge in [0.15, 0.2) is 0 Å². The molecule has 2 amide bonds. The maximum Gasteiger partial charge on any atom is 0.313 e. The Balaban J connectivity index is 2.01. The standard InChI is InChI=1S/C18H27N3O2/c1-13(2)15-7-5-6-8-16(15)19-17(22)18(23)21(4)14-9-11-20(3)12-10-14/h5-8,13-14H,9-12H2,1-4H3,(H,19,22). The lowest BCUT2D eigenvalue weighted by Gasteiger charge is -2.34. The number of rotatable bonds is 3. The molecule has 1 N–H and O–H groups in total. The van der Waals surface area contributed by atoms with E-state index >= 15 is 0 Å². The van der Waals surface area contributed by atoms with Crippen LogP contribution in [0.3, 0.4) is 0 Å². The molecule has 1 aliphatic rings. The molecule has 0 spiro atoms. The van der Waals surface area contributed by atoms with Crippen molar-refractivity contribution in [2.45, 2.75) is 38.6 Å². The van der Waals surface area contributed by atoms with E-state index < -0.39 is 11.8 Å². The van der Waals surface area contributed by atoms with Crippen molar-refractivity contribution >= 4 is 17.5 Å². The van der Waals surface area contributed by atoms with Gasteiger partial charge in [-0.05, 0) is 50.5 Å². The summed E-state index contributed by atoms with van der Waals surface area (Å²) < 4.78 is 0. The molecule has 0 bridgehead atoms. The number of nitrogens with zero attached hydrogens (tertiary/aromatic N) is 2. The molecular formula is C18H27N3O2. The second-order valence-electron chi connectivity index (χ2n) is 6.65. The van der Waals surface area contributed by atoms with E-state index in [1.54, 1.807) is 11.9 Å². The summed E-state index contributed by atoms with van der Waals surface area (Å²) in [6.45, 7) is 6.05. The summed E-state index contributed by atoms with van der Waals surface area (Å²) in [6.07, 6.45) is 1.82. The minimum absolute atomic E-state index is 0.143. The zero-order valence-electron chi connectivity index (χ0n) is 14.5. The third-order valence-electron chi connectivity index (χ3n) is 4.58. The first-order chi connectivity index (χ1) is 10.9. The largest absolute Gasteiger partial charge is 0.334 e. The van der Waals surface area contributed by atoms with E-state index in [1.807, 2.05) is 24.3 Å². The Labute approximate surface area is 138 Å². The molecule has 0 aliphatic carbocycles. The number of amides is 2. The van der Waals surface area contributed by atoms with Gasteiger partial charge >= 0.3 is 11.8 Å². The van der Waals surface area contributed by atoms with Gasteiger partial charge in [-0.3, -0.25) is 9.59 Å². The molecule has 0 unspecified atom stereocenters. The number of likely N-dealkylation sites (tertiary alicyclic amines) is 1. The van der Waals surface area contributed by atoms with Crippen LogP contribution in [-0.4, -0.2) is 54.8 Å². The van der Waals surface area contributed by atoms with E-state index in [9.17, 15) is 9.59 Å². The van der Waals surface area contributed by atoms with Gasteiger partial charge in [-0.15, -0.1) is 0 Å². The third-order valence-corrected chi connectivity index (χ3v) is 4.58. The molecule has 1 aromatic rings. The molecule has 0 saturated carbocycles. The SMILES string of the molecule is CC(C)c1ccccc1NC(=O)C(=O)N(C)C1CCN(C)CC1. The Morgan fingerprint density at radius 2 is 1.83 bits per heavy atom. The predicted molar refractivity (Wildman–Crippen MR) is 92.4 cm³/mol. The lowest BCUT2D eigenvalue weighted by atomic mass is 10.0. The van der Waals surface area contributed by atoms with Crippen molar-refractivity contribution < 1.29 is 9.59 Å². The molecule has 1 aliphatic heterocycles. The smallest absolute Gasteiger partial charge is 0.313 e. The van der Waals surface area contributed by atoms with Gasteiger partial charge in [0.25, 0.3) is 0 Å². The Bertz CT molecular complexity index is 563. The second-order valence-corrected chi connectivity index (χ2v) is 6.65. The summed E-state index contributed by atoms with van der Waals surface area (Å²) in [4.78, 5) is 28.6. The van der Waals surface area contributed by atoms with Crippen LogP contribution < -0.4 is 5.32 Å². The average molecular weight is 317 g/mol. The van der Waals surface area contributed by atoms with E-state index in [1.165, 1.54) is 0 Å². The summed E-state index contributed by atoms with van der Waals surface area (Å²) in [5, 5.41) is 2.78. The average Bonchev–Trinajstić information content (AvgIpc) is 2.54.